The third kappa shape index (κ3) is 10.5. The van der Waals surface area contributed by atoms with Crippen LogP contribution in [-0.4, -0.2) is 115 Å². The summed E-state index contributed by atoms with van der Waals surface area (Å²) in [5, 5.41) is 25.6. The van der Waals surface area contributed by atoms with Crippen molar-refractivity contribution >= 4 is 41.0 Å². The quantitative estimate of drug-likeness (QED) is 0.273. The number of piperidine rings is 2. The Labute approximate surface area is 280 Å². The van der Waals surface area contributed by atoms with Crippen molar-refractivity contribution in [3.63, 3.8) is 0 Å². The average molecular weight is 674 g/mol. The van der Waals surface area contributed by atoms with Gasteiger partial charge in [0, 0.05) is 72.5 Å². The molecule has 2 aromatic rings. The Bertz CT molecular complexity index is 1410. The van der Waals surface area contributed by atoms with Crippen LogP contribution in [0.1, 0.15) is 45.2 Å². The van der Waals surface area contributed by atoms with Crippen LogP contribution in [0.4, 0.5) is 38.4 Å². The van der Waals surface area contributed by atoms with E-state index < -0.39 is 4.92 Å². The molecule has 4 heterocycles. The van der Waals surface area contributed by atoms with Crippen LogP contribution < -0.4 is 15.1 Å². The van der Waals surface area contributed by atoms with Gasteiger partial charge >= 0.3 is 17.9 Å². The molecule has 2 saturated heterocycles. The largest absolute Gasteiger partial charge is 0.450 e. The second-order valence-corrected chi connectivity index (χ2v) is 11.9. The molecule has 1 N–H and O–H groups in total. The van der Waals surface area contributed by atoms with Crippen molar-refractivity contribution in [2.24, 2.45) is 5.92 Å². The van der Waals surface area contributed by atoms with E-state index in [1.807, 2.05) is 19.0 Å². The van der Waals surface area contributed by atoms with Gasteiger partial charge in [0.05, 0.1) is 23.1 Å². The first-order valence-electron chi connectivity index (χ1n) is 16.1. The third-order valence-electron chi connectivity index (χ3n) is 8.06. The summed E-state index contributed by atoms with van der Waals surface area (Å²) in [6.45, 7) is 6.77. The molecule has 2 aromatic heterocycles. The maximum Gasteiger partial charge on any atom is 0.409 e. The lowest BCUT2D eigenvalue weighted by atomic mass is 9.91. The summed E-state index contributed by atoms with van der Waals surface area (Å²) in [5.74, 6) is 1.90. The Hall–Kier alpha value is -4.96. The molecule has 0 atom stereocenters. The van der Waals surface area contributed by atoms with Crippen LogP contribution >= 0.6 is 0 Å². The van der Waals surface area contributed by atoms with E-state index in [4.69, 9.17) is 9.47 Å². The van der Waals surface area contributed by atoms with Gasteiger partial charge in [-0.3, -0.25) is 20.2 Å². The lowest BCUT2D eigenvalue weighted by molar-refractivity contribution is -0.386. The highest BCUT2D eigenvalue weighted by Gasteiger charge is 2.27. The summed E-state index contributed by atoms with van der Waals surface area (Å²) in [6.07, 6.45) is 3.13. The van der Waals surface area contributed by atoms with E-state index in [-0.39, 0.29) is 40.4 Å². The van der Waals surface area contributed by atoms with E-state index in [0.29, 0.717) is 69.0 Å². The molecule has 0 bridgehead atoms. The van der Waals surface area contributed by atoms with Gasteiger partial charge in [0.25, 0.3) is 5.69 Å². The molecule has 17 heteroatoms. The summed E-state index contributed by atoms with van der Waals surface area (Å²) >= 11 is 0. The van der Waals surface area contributed by atoms with Gasteiger partial charge in [-0.15, -0.1) is 0 Å². The number of hydrogen-bond acceptors (Lipinski definition) is 13. The lowest BCUT2D eigenvalue weighted by Crippen LogP contribution is -2.42. The highest BCUT2D eigenvalue weighted by molar-refractivity contribution is 5.68. The first kappa shape index (κ1) is 37.5. The zero-order chi connectivity index (χ0) is 35.4. The molecule has 0 spiro atoms. The molecule has 2 aliphatic heterocycles. The van der Waals surface area contributed by atoms with Gasteiger partial charge in [-0.1, -0.05) is 0 Å². The van der Waals surface area contributed by atoms with Gasteiger partial charge < -0.3 is 34.4 Å². The first-order chi connectivity index (χ1) is 22.8. The number of nitrogens with zero attached hydrogens (tertiary/aromatic N) is 8. The zero-order valence-corrected chi connectivity index (χ0v) is 28.6. The molecule has 0 unspecified atom stereocenters. The fourth-order valence-electron chi connectivity index (χ4n) is 5.48. The minimum absolute atomic E-state index is 0.0253. The molecule has 264 valence electrons. The van der Waals surface area contributed by atoms with E-state index in [2.05, 4.69) is 15.3 Å². The van der Waals surface area contributed by atoms with Crippen molar-refractivity contribution in [3.8, 4) is 0 Å². The SMILES string of the molecule is CCOC(=O)N1CCC(Cc2nc(N(C)C)ccc2[N+](=O)[O-])CC1.CCOC(=O)N1CCC(Nc2ccc([N+](=O)[O-])c(N(C)C)n2)CC1. The number of rotatable bonds is 10. The van der Waals surface area contributed by atoms with E-state index >= 15 is 0 Å². The summed E-state index contributed by atoms with van der Waals surface area (Å²) < 4.78 is 10.0. The predicted octanol–water partition coefficient (Wildman–Crippen LogP) is 4.56. The topological polar surface area (TPSA) is 190 Å². The number of aromatic nitrogens is 2. The van der Waals surface area contributed by atoms with E-state index in [0.717, 1.165) is 25.7 Å². The van der Waals surface area contributed by atoms with Crippen LogP contribution in [0.3, 0.4) is 0 Å². The molecule has 4 rings (SSSR count). The summed E-state index contributed by atoms with van der Waals surface area (Å²) in [5.41, 5.74) is 0.553. The highest BCUT2D eigenvalue weighted by atomic mass is 16.6. The fourth-order valence-corrected chi connectivity index (χ4v) is 5.48. The van der Waals surface area contributed by atoms with Crippen LogP contribution in [0.5, 0.6) is 0 Å². The van der Waals surface area contributed by atoms with Gasteiger partial charge in [-0.25, -0.2) is 19.6 Å². The first-order valence-corrected chi connectivity index (χ1v) is 16.1. The monoisotopic (exact) mass is 673 g/mol. The number of nitro groups is 2. The smallest absolute Gasteiger partial charge is 0.409 e. The Balaban J connectivity index is 0.000000260. The molecular formula is C31H47N9O8. The van der Waals surface area contributed by atoms with Gasteiger partial charge in [-0.05, 0) is 64.0 Å². The lowest BCUT2D eigenvalue weighted by Gasteiger charge is -2.32. The molecule has 17 nitrogen and oxygen atoms in total. The summed E-state index contributed by atoms with van der Waals surface area (Å²) in [6, 6.07) is 6.41. The van der Waals surface area contributed by atoms with E-state index in [9.17, 15) is 29.8 Å². The number of hydrogen-bond donors (Lipinski definition) is 1. The second kappa shape index (κ2) is 17.8. The predicted molar refractivity (Wildman–Crippen MR) is 181 cm³/mol. The standard InChI is InChI=1S/C16H24N4O4.C15H23N5O4/c1-4-24-16(21)19-9-7-12(8-10-19)11-13-14(20(22)23)5-6-15(17-13)18(2)3;1-4-24-15(21)19-9-7-11(8-10-19)16-13-6-5-12(20(22)23)14(17-13)18(2)3/h5-6,12H,4,7-11H2,1-3H3;5-6,11H,4,7-10H2,1-3H3,(H,16,17). The van der Waals surface area contributed by atoms with Crippen LogP contribution in [0, 0.1) is 26.1 Å². The number of carbonyl (C=O) groups excluding carboxylic acids is 2. The van der Waals surface area contributed by atoms with Crippen molar-refractivity contribution in [3.05, 3.63) is 50.2 Å². The van der Waals surface area contributed by atoms with Crippen LogP contribution in [0.2, 0.25) is 0 Å². The molecule has 48 heavy (non-hydrogen) atoms. The number of carbonyl (C=O) groups is 2. The number of pyridine rings is 2. The van der Waals surface area contributed by atoms with Crippen molar-refractivity contribution in [2.75, 3.05) is 82.7 Å². The average Bonchev–Trinajstić information content (AvgIpc) is 3.05. The molecule has 2 fully saturated rings. The van der Waals surface area contributed by atoms with Gasteiger partial charge in [0.1, 0.15) is 17.3 Å². The maximum absolute atomic E-state index is 11.7. The summed E-state index contributed by atoms with van der Waals surface area (Å²) in [7, 11) is 7.15. The highest BCUT2D eigenvalue weighted by Crippen LogP contribution is 2.29. The van der Waals surface area contributed by atoms with Crippen molar-refractivity contribution < 1.29 is 28.9 Å². The number of amides is 2. The molecule has 2 amide bonds. The minimum atomic E-state index is -0.441. The van der Waals surface area contributed by atoms with Gasteiger partial charge in [-0.2, -0.15) is 0 Å². The zero-order valence-electron chi connectivity index (χ0n) is 28.6. The maximum atomic E-state index is 11.7. The Morgan fingerprint density at radius 3 is 1.81 bits per heavy atom. The normalized spacial score (nSPS) is 15.1. The fraction of sp³-hybridized carbons (Fsp3) is 0.613. The second-order valence-electron chi connectivity index (χ2n) is 11.9. The molecule has 0 saturated carbocycles. The summed E-state index contributed by atoms with van der Waals surface area (Å²) in [4.78, 5) is 60.5. The number of ether oxygens (including phenoxy) is 2. The van der Waals surface area contributed by atoms with Gasteiger partial charge in [0.2, 0.25) is 5.82 Å². The number of anilines is 3. The number of likely N-dealkylation sites (tertiary alicyclic amines) is 2. The van der Waals surface area contributed by atoms with Crippen molar-refractivity contribution in [2.45, 2.75) is 52.0 Å². The van der Waals surface area contributed by atoms with Crippen molar-refractivity contribution in [1.29, 1.82) is 0 Å². The Morgan fingerprint density at radius 1 is 0.812 bits per heavy atom. The Kier molecular flexibility index (Phi) is 13.9. The van der Waals surface area contributed by atoms with E-state index in [1.165, 1.54) is 12.1 Å². The van der Waals surface area contributed by atoms with Crippen LogP contribution in [0.25, 0.3) is 0 Å². The molecule has 0 radical (unpaired) electrons. The number of nitrogens with one attached hydrogen (secondary N) is 1. The minimum Gasteiger partial charge on any atom is -0.450 e. The van der Waals surface area contributed by atoms with Crippen LogP contribution in [0.15, 0.2) is 24.3 Å². The molecule has 0 aromatic carbocycles. The van der Waals surface area contributed by atoms with E-state index in [1.54, 1.807) is 54.8 Å². The Morgan fingerprint density at radius 2 is 1.33 bits per heavy atom. The molecular weight excluding hydrogens is 626 g/mol. The third-order valence-corrected chi connectivity index (χ3v) is 8.06. The van der Waals surface area contributed by atoms with Crippen LogP contribution in [-0.2, 0) is 15.9 Å². The molecule has 2 aliphatic rings. The van der Waals surface area contributed by atoms with Crippen molar-refractivity contribution in [1.82, 2.24) is 19.8 Å². The molecule has 0 aliphatic carbocycles. The van der Waals surface area contributed by atoms with Gasteiger partial charge in [0.15, 0.2) is 0 Å².